The molecule has 0 spiro atoms. The molecular formula is C13H18O6. The third-order valence-electron chi connectivity index (χ3n) is 3.22. The minimum absolute atomic E-state index is 0.391. The van der Waals surface area contributed by atoms with Gasteiger partial charge in [0.15, 0.2) is 6.29 Å². The number of hydrogen-bond acceptors (Lipinski definition) is 6. The van der Waals surface area contributed by atoms with Gasteiger partial charge in [0.2, 0.25) is 0 Å². The van der Waals surface area contributed by atoms with Gasteiger partial charge in [-0.2, -0.15) is 0 Å². The molecule has 106 valence electrons. The van der Waals surface area contributed by atoms with Gasteiger partial charge in [0, 0.05) is 7.77 Å². The molecule has 6 atom stereocenters. The fourth-order valence-electron chi connectivity index (χ4n) is 2.21. The Hall–Kier alpha value is -1.02. The first kappa shape index (κ1) is 13.0. The van der Waals surface area contributed by atoms with Gasteiger partial charge in [-0.3, -0.25) is 0 Å². The normalized spacial score (nSPS) is 38.8. The SMILES string of the molecule is [2H]C(c1ccccc1)[C@]1(O)[C@@H]([C@H](O)CO)OC(O)[C@@H]1O. The summed E-state index contributed by atoms with van der Waals surface area (Å²) >= 11 is 0. The van der Waals surface area contributed by atoms with Gasteiger partial charge in [0.25, 0.3) is 0 Å². The summed E-state index contributed by atoms with van der Waals surface area (Å²) in [5, 5.41) is 48.8. The highest BCUT2D eigenvalue weighted by Crippen LogP contribution is 2.35. The molecule has 6 nitrogen and oxygen atoms in total. The Labute approximate surface area is 111 Å². The third-order valence-corrected chi connectivity index (χ3v) is 3.22. The Morgan fingerprint density at radius 3 is 2.53 bits per heavy atom. The van der Waals surface area contributed by atoms with E-state index in [1.807, 2.05) is 0 Å². The van der Waals surface area contributed by atoms with Crippen molar-refractivity contribution in [1.29, 1.82) is 0 Å². The zero-order valence-electron chi connectivity index (χ0n) is 11.1. The molecule has 1 aromatic rings. The summed E-state index contributed by atoms with van der Waals surface area (Å²) in [5.74, 6) is 0. The van der Waals surface area contributed by atoms with Crippen molar-refractivity contribution in [2.24, 2.45) is 0 Å². The molecule has 1 fully saturated rings. The van der Waals surface area contributed by atoms with E-state index in [4.69, 9.17) is 11.2 Å². The maximum atomic E-state index is 10.6. The monoisotopic (exact) mass is 271 g/mol. The molecule has 0 aliphatic carbocycles. The van der Waals surface area contributed by atoms with E-state index in [0.29, 0.717) is 5.56 Å². The summed E-state index contributed by atoms with van der Waals surface area (Å²) in [6, 6.07) is 8.22. The van der Waals surface area contributed by atoms with Gasteiger partial charge in [0.05, 0.1) is 6.61 Å². The van der Waals surface area contributed by atoms with Crippen molar-refractivity contribution < 1.29 is 31.6 Å². The van der Waals surface area contributed by atoms with Crippen molar-refractivity contribution in [2.75, 3.05) is 6.61 Å². The maximum Gasteiger partial charge on any atom is 0.184 e. The second-order valence-corrected chi connectivity index (χ2v) is 4.58. The Morgan fingerprint density at radius 2 is 1.95 bits per heavy atom. The highest BCUT2D eigenvalue weighted by atomic mass is 16.7. The smallest absolute Gasteiger partial charge is 0.184 e. The van der Waals surface area contributed by atoms with Crippen LogP contribution in [0.25, 0.3) is 0 Å². The number of benzene rings is 1. The second kappa shape index (κ2) is 5.54. The molecule has 0 amide bonds. The van der Waals surface area contributed by atoms with E-state index in [2.05, 4.69) is 0 Å². The predicted octanol–water partition coefficient (Wildman–Crippen LogP) is -1.61. The molecule has 5 N–H and O–H groups in total. The summed E-state index contributed by atoms with van der Waals surface area (Å²) in [4.78, 5) is 0. The molecule has 1 saturated heterocycles. The molecule has 2 rings (SSSR count). The molecule has 0 radical (unpaired) electrons. The first-order chi connectivity index (χ1) is 9.42. The third kappa shape index (κ3) is 2.64. The standard InChI is InChI=1S/C13H18O6/c14-7-9(15)11-13(18,10(16)12(17)19-11)6-8-4-2-1-3-5-8/h1-5,9-12,14-18H,6-7H2/t9-,10+,11-,12?,13-/m1/s1/i6D/t6?,9-,10+,11-,12?,13-. The van der Waals surface area contributed by atoms with E-state index >= 15 is 0 Å². The van der Waals surface area contributed by atoms with Crippen molar-refractivity contribution in [3.63, 3.8) is 0 Å². The summed E-state index contributed by atoms with van der Waals surface area (Å²) in [6.07, 6.45) is -7.86. The van der Waals surface area contributed by atoms with Crippen molar-refractivity contribution in [2.45, 2.75) is 36.6 Å². The predicted molar refractivity (Wildman–Crippen MR) is 65.1 cm³/mol. The van der Waals surface area contributed by atoms with Crippen LogP contribution >= 0.6 is 0 Å². The first-order valence-electron chi connectivity index (χ1n) is 6.50. The Morgan fingerprint density at radius 1 is 1.32 bits per heavy atom. The zero-order chi connectivity index (χ0) is 14.9. The summed E-state index contributed by atoms with van der Waals surface area (Å²) in [5.41, 5.74) is -1.84. The maximum absolute atomic E-state index is 10.6. The second-order valence-electron chi connectivity index (χ2n) is 4.58. The van der Waals surface area contributed by atoms with Crippen LogP contribution in [-0.4, -0.2) is 62.3 Å². The molecule has 2 unspecified atom stereocenters. The summed E-state index contributed by atoms with van der Waals surface area (Å²) in [6.45, 7) is -0.728. The molecule has 1 aliphatic rings. The van der Waals surface area contributed by atoms with E-state index < -0.39 is 43.2 Å². The van der Waals surface area contributed by atoms with Gasteiger partial charge in [-0.15, -0.1) is 0 Å². The van der Waals surface area contributed by atoms with Gasteiger partial charge in [-0.1, -0.05) is 30.3 Å². The zero-order valence-corrected chi connectivity index (χ0v) is 10.1. The lowest BCUT2D eigenvalue weighted by Gasteiger charge is -2.32. The molecular weight excluding hydrogens is 252 g/mol. The Bertz CT molecular complexity index is 444. The van der Waals surface area contributed by atoms with Gasteiger partial charge < -0.3 is 30.3 Å². The van der Waals surface area contributed by atoms with E-state index in [1.54, 1.807) is 30.3 Å². The summed E-state index contributed by atoms with van der Waals surface area (Å²) in [7, 11) is 0. The average Bonchev–Trinajstić information content (AvgIpc) is 2.72. The number of hydrogen-bond donors (Lipinski definition) is 5. The lowest BCUT2D eigenvalue weighted by molar-refractivity contribution is -0.154. The van der Waals surface area contributed by atoms with Crippen LogP contribution in [0.15, 0.2) is 30.3 Å². The van der Waals surface area contributed by atoms with Crippen LogP contribution in [0.3, 0.4) is 0 Å². The molecule has 0 aromatic heterocycles. The van der Waals surface area contributed by atoms with E-state index in [0.717, 1.165) is 0 Å². The van der Waals surface area contributed by atoms with Gasteiger partial charge in [0.1, 0.15) is 23.9 Å². The van der Waals surface area contributed by atoms with E-state index in [1.165, 1.54) is 0 Å². The average molecular weight is 271 g/mol. The minimum Gasteiger partial charge on any atom is -0.394 e. The van der Waals surface area contributed by atoms with Gasteiger partial charge in [-0.25, -0.2) is 0 Å². The van der Waals surface area contributed by atoms with Crippen molar-refractivity contribution in [3.8, 4) is 0 Å². The van der Waals surface area contributed by atoms with E-state index in [-0.39, 0.29) is 0 Å². The molecule has 6 heteroatoms. The lowest BCUT2D eigenvalue weighted by Crippen LogP contribution is -2.54. The molecule has 1 aromatic carbocycles. The number of aliphatic hydroxyl groups excluding tert-OH is 4. The highest BCUT2D eigenvalue weighted by molar-refractivity contribution is 5.20. The number of rotatable bonds is 4. The van der Waals surface area contributed by atoms with Crippen LogP contribution in [0.1, 0.15) is 6.93 Å². The summed E-state index contributed by atoms with van der Waals surface area (Å²) < 4.78 is 13.0. The minimum atomic E-state index is -2.23. The van der Waals surface area contributed by atoms with Crippen LogP contribution in [-0.2, 0) is 11.1 Å². The van der Waals surface area contributed by atoms with Crippen LogP contribution in [0, 0.1) is 0 Å². The topological polar surface area (TPSA) is 110 Å². The fraction of sp³-hybridized carbons (Fsp3) is 0.538. The van der Waals surface area contributed by atoms with Crippen molar-refractivity contribution >= 4 is 0 Å². The first-order valence-corrected chi connectivity index (χ1v) is 5.93. The van der Waals surface area contributed by atoms with Gasteiger partial charge >= 0.3 is 0 Å². The molecule has 0 bridgehead atoms. The van der Waals surface area contributed by atoms with Crippen LogP contribution in [0.2, 0.25) is 0 Å². The molecule has 1 aliphatic heterocycles. The largest absolute Gasteiger partial charge is 0.394 e. The van der Waals surface area contributed by atoms with E-state index in [9.17, 15) is 20.4 Å². The fourth-order valence-corrected chi connectivity index (χ4v) is 2.21. The van der Waals surface area contributed by atoms with Crippen LogP contribution in [0.4, 0.5) is 0 Å². The Balaban J connectivity index is 2.37. The van der Waals surface area contributed by atoms with Crippen molar-refractivity contribution in [3.05, 3.63) is 35.9 Å². The lowest BCUT2D eigenvalue weighted by atomic mass is 9.83. The van der Waals surface area contributed by atoms with Crippen LogP contribution < -0.4 is 0 Å². The number of aliphatic hydroxyl groups is 5. The van der Waals surface area contributed by atoms with Crippen LogP contribution in [0.5, 0.6) is 0 Å². The molecule has 19 heavy (non-hydrogen) atoms. The highest BCUT2D eigenvalue weighted by Gasteiger charge is 2.57. The quantitative estimate of drug-likeness (QED) is 0.451. The molecule has 1 heterocycles. The van der Waals surface area contributed by atoms with Gasteiger partial charge in [-0.05, 0) is 5.56 Å². The Kier molecular flexibility index (Phi) is 3.79. The molecule has 0 saturated carbocycles. The van der Waals surface area contributed by atoms with Crippen molar-refractivity contribution in [1.82, 2.24) is 0 Å². The number of ether oxygens (including phenoxy) is 1.